The highest BCUT2D eigenvalue weighted by Gasteiger charge is 2.20. The fourth-order valence-corrected chi connectivity index (χ4v) is 2.59. The van der Waals surface area contributed by atoms with Crippen LogP contribution in [0.4, 0.5) is 0 Å². The summed E-state index contributed by atoms with van der Waals surface area (Å²) in [5, 5.41) is 3.36. The van der Waals surface area contributed by atoms with Crippen molar-refractivity contribution in [2.24, 2.45) is 5.92 Å². The van der Waals surface area contributed by atoms with E-state index in [1.807, 2.05) is 24.8 Å². The van der Waals surface area contributed by atoms with E-state index in [1.165, 1.54) is 12.8 Å². The Morgan fingerprint density at radius 3 is 2.84 bits per heavy atom. The molecule has 1 N–H and O–H groups in total. The summed E-state index contributed by atoms with van der Waals surface area (Å²) in [6.07, 6.45) is 4.04. The van der Waals surface area contributed by atoms with E-state index >= 15 is 0 Å². The number of hydrogen-bond acceptors (Lipinski definition) is 3. The van der Waals surface area contributed by atoms with Crippen molar-refractivity contribution in [2.75, 3.05) is 26.2 Å². The van der Waals surface area contributed by atoms with Gasteiger partial charge in [-0.3, -0.25) is 9.78 Å². The molecule has 2 heterocycles. The molecule has 0 unspecified atom stereocenters. The molecule has 1 amide bonds. The minimum atomic E-state index is 0.131. The standard InChI is InChI=1S/C15H23N3O/c1-3-18(11-13-4-7-16-8-5-13)15(19)14-6-9-17-12(2)10-14/h6,9-10,13,16H,3-5,7-8,11H2,1-2H3. The highest BCUT2D eigenvalue weighted by molar-refractivity contribution is 5.94. The van der Waals surface area contributed by atoms with Gasteiger partial charge in [0.2, 0.25) is 0 Å². The molecule has 2 rings (SSSR count). The molecule has 1 aliphatic rings. The smallest absolute Gasteiger partial charge is 0.253 e. The number of hydrogen-bond donors (Lipinski definition) is 1. The van der Waals surface area contributed by atoms with Gasteiger partial charge in [-0.2, -0.15) is 0 Å². The van der Waals surface area contributed by atoms with E-state index in [9.17, 15) is 4.79 Å². The quantitative estimate of drug-likeness (QED) is 0.899. The number of carbonyl (C=O) groups is 1. The lowest BCUT2D eigenvalue weighted by molar-refractivity contribution is 0.0726. The average molecular weight is 261 g/mol. The predicted molar refractivity (Wildman–Crippen MR) is 76.1 cm³/mol. The summed E-state index contributed by atoms with van der Waals surface area (Å²) in [6, 6.07) is 3.67. The van der Waals surface area contributed by atoms with Gasteiger partial charge in [0.1, 0.15) is 0 Å². The molecule has 1 saturated heterocycles. The van der Waals surface area contributed by atoms with Crippen LogP contribution in [0, 0.1) is 12.8 Å². The maximum absolute atomic E-state index is 12.5. The van der Waals surface area contributed by atoms with Crippen LogP contribution in [0.1, 0.15) is 35.8 Å². The van der Waals surface area contributed by atoms with Gasteiger partial charge in [0.15, 0.2) is 0 Å². The van der Waals surface area contributed by atoms with Gasteiger partial charge < -0.3 is 10.2 Å². The summed E-state index contributed by atoms with van der Waals surface area (Å²) < 4.78 is 0. The Kier molecular flexibility index (Phi) is 4.91. The van der Waals surface area contributed by atoms with E-state index in [0.717, 1.165) is 37.4 Å². The number of nitrogens with zero attached hydrogens (tertiary/aromatic N) is 2. The van der Waals surface area contributed by atoms with E-state index < -0.39 is 0 Å². The molecule has 0 saturated carbocycles. The van der Waals surface area contributed by atoms with Crippen LogP contribution in [-0.4, -0.2) is 42.0 Å². The maximum Gasteiger partial charge on any atom is 0.253 e. The molecular weight excluding hydrogens is 238 g/mol. The fraction of sp³-hybridized carbons (Fsp3) is 0.600. The Morgan fingerprint density at radius 1 is 1.47 bits per heavy atom. The number of aromatic nitrogens is 1. The van der Waals surface area contributed by atoms with Crippen molar-refractivity contribution in [3.8, 4) is 0 Å². The van der Waals surface area contributed by atoms with Gasteiger partial charge in [-0.05, 0) is 57.8 Å². The number of nitrogens with one attached hydrogen (secondary N) is 1. The molecule has 0 atom stereocenters. The van der Waals surface area contributed by atoms with Crippen LogP contribution in [0.3, 0.4) is 0 Å². The lowest BCUT2D eigenvalue weighted by atomic mass is 9.97. The molecule has 1 aliphatic heterocycles. The van der Waals surface area contributed by atoms with Crippen LogP contribution in [0.2, 0.25) is 0 Å². The van der Waals surface area contributed by atoms with Gasteiger partial charge in [0, 0.05) is 30.5 Å². The zero-order chi connectivity index (χ0) is 13.7. The molecule has 19 heavy (non-hydrogen) atoms. The minimum Gasteiger partial charge on any atom is -0.339 e. The van der Waals surface area contributed by atoms with Gasteiger partial charge in [-0.1, -0.05) is 0 Å². The van der Waals surface area contributed by atoms with Crippen molar-refractivity contribution in [2.45, 2.75) is 26.7 Å². The third-order valence-electron chi connectivity index (χ3n) is 3.75. The van der Waals surface area contributed by atoms with Gasteiger partial charge >= 0.3 is 0 Å². The second-order valence-corrected chi connectivity index (χ2v) is 5.22. The van der Waals surface area contributed by atoms with Gasteiger partial charge in [-0.25, -0.2) is 0 Å². The number of piperidine rings is 1. The molecule has 0 radical (unpaired) electrons. The molecular formula is C15H23N3O. The van der Waals surface area contributed by atoms with E-state index in [1.54, 1.807) is 12.3 Å². The molecule has 104 valence electrons. The summed E-state index contributed by atoms with van der Waals surface area (Å²) in [7, 11) is 0. The van der Waals surface area contributed by atoms with Crippen LogP contribution >= 0.6 is 0 Å². The van der Waals surface area contributed by atoms with Crippen molar-refractivity contribution in [1.29, 1.82) is 0 Å². The van der Waals surface area contributed by atoms with Crippen LogP contribution in [-0.2, 0) is 0 Å². The third-order valence-corrected chi connectivity index (χ3v) is 3.75. The molecule has 0 aromatic carbocycles. The molecule has 4 heteroatoms. The van der Waals surface area contributed by atoms with Gasteiger partial charge in [-0.15, -0.1) is 0 Å². The van der Waals surface area contributed by atoms with Crippen molar-refractivity contribution >= 4 is 5.91 Å². The van der Waals surface area contributed by atoms with E-state index in [-0.39, 0.29) is 5.91 Å². The molecule has 0 spiro atoms. The SMILES string of the molecule is CCN(CC1CCNCC1)C(=O)c1ccnc(C)c1. The Morgan fingerprint density at radius 2 is 2.21 bits per heavy atom. The first-order valence-electron chi connectivity index (χ1n) is 7.13. The maximum atomic E-state index is 12.5. The lowest BCUT2D eigenvalue weighted by Crippen LogP contribution is -2.39. The first kappa shape index (κ1) is 14.0. The van der Waals surface area contributed by atoms with Crippen LogP contribution < -0.4 is 5.32 Å². The van der Waals surface area contributed by atoms with E-state index in [0.29, 0.717) is 5.92 Å². The first-order chi connectivity index (χ1) is 9.20. The number of amides is 1. The summed E-state index contributed by atoms with van der Waals surface area (Å²) in [4.78, 5) is 18.6. The molecule has 1 fully saturated rings. The molecule has 1 aromatic heterocycles. The largest absolute Gasteiger partial charge is 0.339 e. The van der Waals surface area contributed by atoms with Crippen molar-refractivity contribution in [3.63, 3.8) is 0 Å². The average Bonchev–Trinajstić information content (AvgIpc) is 2.45. The Bertz CT molecular complexity index is 427. The van der Waals surface area contributed by atoms with Crippen LogP contribution in [0.15, 0.2) is 18.3 Å². The third kappa shape index (κ3) is 3.77. The number of carbonyl (C=O) groups excluding carboxylic acids is 1. The lowest BCUT2D eigenvalue weighted by Gasteiger charge is -2.29. The number of pyridine rings is 1. The zero-order valence-electron chi connectivity index (χ0n) is 11.9. The van der Waals surface area contributed by atoms with Crippen molar-refractivity contribution in [1.82, 2.24) is 15.2 Å². The van der Waals surface area contributed by atoms with Crippen molar-refractivity contribution < 1.29 is 4.79 Å². The monoisotopic (exact) mass is 261 g/mol. The van der Waals surface area contributed by atoms with Crippen molar-refractivity contribution in [3.05, 3.63) is 29.6 Å². The zero-order valence-corrected chi connectivity index (χ0v) is 11.9. The summed E-state index contributed by atoms with van der Waals surface area (Å²) >= 11 is 0. The molecule has 4 nitrogen and oxygen atoms in total. The van der Waals surface area contributed by atoms with Crippen LogP contribution in [0.25, 0.3) is 0 Å². The highest BCUT2D eigenvalue weighted by atomic mass is 16.2. The first-order valence-corrected chi connectivity index (χ1v) is 7.13. The predicted octanol–water partition coefficient (Wildman–Crippen LogP) is 1.85. The summed E-state index contributed by atoms with van der Waals surface area (Å²) in [5.74, 6) is 0.764. The van der Waals surface area contributed by atoms with E-state index in [4.69, 9.17) is 0 Å². The number of aryl methyl sites for hydroxylation is 1. The fourth-order valence-electron chi connectivity index (χ4n) is 2.59. The van der Waals surface area contributed by atoms with Gasteiger partial charge in [0.05, 0.1) is 0 Å². The topological polar surface area (TPSA) is 45.2 Å². The molecule has 0 aliphatic carbocycles. The second-order valence-electron chi connectivity index (χ2n) is 5.22. The Balaban J connectivity index is 2.02. The highest BCUT2D eigenvalue weighted by Crippen LogP contribution is 2.15. The number of rotatable bonds is 4. The van der Waals surface area contributed by atoms with Crippen LogP contribution in [0.5, 0.6) is 0 Å². The summed E-state index contributed by atoms with van der Waals surface area (Å²) in [6.45, 7) is 7.75. The Labute approximate surface area is 115 Å². The Hall–Kier alpha value is -1.42. The second kappa shape index (κ2) is 6.66. The summed E-state index contributed by atoms with van der Waals surface area (Å²) in [5.41, 5.74) is 1.65. The van der Waals surface area contributed by atoms with E-state index in [2.05, 4.69) is 10.3 Å². The van der Waals surface area contributed by atoms with Gasteiger partial charge in [0.25, 0.3) is 5.91 Å². The molecule has 1 aromatic rings. The normalized spacial score (nSPS) is 16.3. The molecule has 0 bridgehead atoms. The minimum absolute atomic E-state index is 0.131.